The van der Waals surface area contributed by atoms with Gasteiger partial charge in [0.25, 0.3) is 0 Å². The maximum atomic E-state index is 10.6. The Morgan fingerprint density at radius 3 is 2.17 bits per heavy atom. The highest BCUT2D eigenvalue weighted by Gasteiger charge is 1.94. The molecular formula is C10H21NO. The zero-order valence-electron chi connectivity index (χ0n) is 8.60. The Bertz CT molecular complexity index is 121. The fourth-order valence-corrected chi connectivity index (χ4v) is 1.16. The van der Waals surface area contributed by atoms with Crippen LogP contribution in [0.4, 0.5) is 0 Å². The number of nitrogens with zero attached hydrogens (tertiary/aromatic N) is 1. The fraction of sp³-hybridized carbons (Fsp3) is 0.900. The second-order valence-corrected chi connectivity index (χ2v) is 3.67. The molecule has 0 amide bonds. The van der Waals surface area contributed by atoms with Crippen LogP contribution in [-0.2, 0) is 4.79 Å². The lowest BCUT2D eigenvalue weighted by Crippen LogP contribution is -2.12. The number of carbonyl (C=O) groups is 1. The number of carbonyl (C=O) groups excluding carboxylic acids is 1. The molecule has 0 rings (SSSR count). The SMILES string of the molecule is CC(=O)CCCCCCN(C)C. The molecule has 0 aromatic heterocycles. The van der Waals surface area contributed by atoms with Crippen molar-refractivity contribution in [2.24, 2.45) is 0 Å². The third kappa shape index (κ3) is 9.63. The Morgan fingerprint density at radius 2 is 1.67 bits per heavy atom. The van der Waals surface area contributed by atoms with E-state index in [4.69, 9.17) is 0 Å². The van der Waals surface area contributed by atoms with Gasteiger partial charge < -0.3 is 9.69 Å². The first-order valence-corrected chi connectivity index (χ1v) is 4.77. The van der Waals surface area contributed by atoms with Crippen LogP contribution in [0.25, 0.3) is 0 Å². The standard InChI is InChI=1S/C10H21NO/c1-10(12)8-6-4-5-7-9-11(2)3/h4-9H2,1-3H3. The van der Waals surface area contributed by atoms with Crippen molar-refractivity contribution in [3.63, 3.8) is 0 Å². The van der Waals surface area contributed by atoms with E-state index in [9.17, 15) is 4.79 Å². The fourth-order valence-electron chi connectivity index (χ4n) is 1.16. The van der Waals surface area contributed by atoms with Gasteiger partial charge in [-0.2, -0.15) is 0 Å². The molecule has 72 valence electrons. The molecule has 0 bridgehead atoms. The summed E-state index contributed by atoms with van der Waals surface area (Å²) in [5.74, 6) is 0.322. The number of Topliss-reactive ketones (excluding diaryl/α,β-unsaturated/α-hetero) is 1. The smallest absolute Gasteiger partial charge is 0.129 e. The lowest BCUT2D eigenvalue weighted by molar-refractivity contribution is -0.117. The van der Waals surface area contributed by atoms with E-state index >= 15 is 0 Å². The van der Waals surface area contributed by atoms with Crippen LogP contribution < -0.4 is 0 Å². The molecule has 0 saturated carbocycles. The maximum absolute atomic E-state index is 10.6. The van der Waals surface area contributed by atoms with Crippen LogP contribution in [0.5, 0.6) is 0 Å². The van der Waals surface area contributed by atoms with Gasteiger partial charge in [0.1, 0.15) is 5.78 Å². The van der Waals surface area contributed by atoms with Crippen LogP contribution >= 0.6 is 0 Å². The molecule has 0 aliphatic carbocycles. The van der Waals surface area contributed by atoms with Gasteiger partial charge in [-0.25, -0.2) is 0 Å². The van der Waals surface area contributed by atoms with Gasteiger partial charge >= 0.3 is 0 Å². The predicted molar refractivity (Wildman–Crippen MR) is 52.3 cm³/mol. The molecule has 0 N–H and O–H groups in total. The molecule has 0 aliphatic rings. The quantitative estimate of drug-likeness (QED) is 0.547. The van der Waals surface area contributed by atoms with Gasteiger partial charge in [0.05, 0.1) is 0 Å². The van der Waals surface area contributed by atoms with Crippen molar-refractivity contribution < 1.29 is 4.79 Å². The minimum atomic E-state index is 0.322. The van der Waals surface area contributed by atoms with Crippen LogP contribution in [-0.4, -0.2) is 31.3 Å². The summed E-state index contributed by atoms with van der Waals surface area (Å²) in [7, 11) is 4.19. The van der Waals surface area contributed by atoms with E-state index in [2.05, 4.69) is 19.0 Å². The molecular weight excluding hydrogens is 150 g/mol. The molecule has 0 unspecified atom stereocenters. The van der Waals surface area contributed by atoms with E-state index in [1.54, 1.807) is 6.92 Å². The molecule has 0 spiro atoms. The van der Waals surface area contributed by atoms with E-state index in [-0.39, 0.29) is 0 Å². The topological polar surface area (TPSA) is 20.3 Å². The van der Waals surface area contributed by atoms with Crippen LogP contribution in [0, 0.1) is 0 Å². The highest BCUT2D eigenvalue weighted by molar-refractivity contribution is 5.75. The van der Waals surface area contributed by atoms with Crippen molar-refractivity contribution in [1.82, 2.24) is 4.90 Å². The first kappa shape index (κ1) is 11.6. The van der Waals surface area contributed by atoms with Crippen molar-refractivity contribution in [3.05, 3.63) is 0 Å². The highest BCUT2D eigenvalue weighted by Crippen LogP contribution is 2.03. The van der Waals surface area contributed by atoms with Gasteiger partial charge in [-0.15, -0.1) is 0 Å². The second kappa shape index (κ2) is 7.29. The summed E-state index contributed by atoms with van der Waals surface area (Å²) in [4.78, 5) is 12.8. The molecule has 0 saturated heterocycles. The molecule has 2 heteroatoms. The Morgan fingerprint density at radius 1 is 1.08 bits per heavy atom. The summed E-state index contributed by atoms with van der Waals surface area (Å²) in [5.41, 5.74) is 0. The average Bonchev–Trinajstić information content (AvgIpc) is 1.95. The van der Waals surface area contributed by atoms with Gasteiger partial charge in [0.2, 0.25) is 0 Å². The number of hydrogen-bond donors (Lipinski definition) is 0. The van der Waals surface area contributed by atoms with Gasteiger partial charge in [-0.1, -0.05) is 12.8 Å². The minimum Gasteiger partial charge on any atom is -0.309 e. The van der Waals surface area contributed by atoms with Crippen molar-refractivity contribution >= 4 is 5.78 Å². The number of hydrogen-bond acceptors (Lipinski definition) is 2. The lowest BCUT2D eigenvalue weighted by atomic mass is 10.1. The molecule has 0 aromatic rings. The van der Waals surface area contributed by atoms with E-state index < -0.39 is 0 Å². The molecule has 0 radical (unpaired) electrons. The first-order valence-electron chi connectivity index (χ1n) is 4.77. The predicted octanol–water partition coefficient (Wildman–Crippen LogP) is 2.09. The Hall–Kier alpha value is -0.370. The Labute approximate surface area is 75.9 Å². The van der Waals surface area contributed by atoms with Crippen LogP contribution in [0.2, 0.25) is 0 Å². The van der Waals surface area contributed by atoms with E-state index in [0.717, 1.165) is 12.8 Å². The van der Waals surface area contributed by atoms with Crippen LogP contribution in [0.15, 0.2) is 0 Å². The van der Waals surface area contributed by atoms with E-state index in [1.165, 1.54) is 25.8 Å². The zero-order chi connectivity index (χ0) is 9.40. The third-order valence-corrected chi connectivity index (χ3v) is 1.88. The van der Waals surface area contributed by atoms with Gasteiger partial charge in [0.15, 0.2) is 0 Å². The van der Waals surface area contributed by atoms with Crippen LogP contribution in [0.3, 0.4) is 0 Å². The summed E-state index contributed by atoms with van der Waals surface area (Å²) in [6.45, 7) is 2.83. The summed E-state index contributed by atoms with van der Waals surface area (Å²) in [6, 6.07) is 0. The van der Waals surface area contributed by atoms with Gasteiger partial charge in [-0.05, 0) is 40.4 Å². The molecule has 0 heterocycles. The van der Waals surface area contributed by atoms with Gasteiger partial charge in [0, 0.05) is 6.42 Å². The summed E-state index contributed by atoms with van der Waals surface area (Å²) in [5, 5.41) is 0. The second-order valence-electron chi connectivity index (χ2n) is 3.67. The maximum Gasteiger partial charge on any atom is 0.129 e. The molecule has 12 heavy (non-hydrogen) atoms. The molecule has 2 nitrogen and oxygen atoms in total. The number of rotatable bonds is 7. The Balaban J connectivity index is 2.96. The Kier molecular flexibility index (Phi) is 7.06. The molecule has 0 aromatic carbocycles. The number of ketones is 1. The van der Waals surface area contributed by atoms with Crippen molar-refractivity contribution in [2.45, 2.75) is 39.0 Å². The van der Waals surface area contributed by atoms with Gasteiger partial charge in [-0.3, -0.25) is 0 Å². The van der Waals surface area contributed by atoms with Crippen molar-refractivity contribution in [3.8, 4) is 0 Å². The lowest BCUT2D eigenvalue weighted by Gasteiger charge is -2.07. The average molecular weight is 171 g/mol. The van der Waals surface area contributed by atoms with Crippen LogP contribution in [0.1, 0.15) is 39.0 Å². The molecule has 0 atom stereocenters. The van der Waals surface area contributed by atoms with Crippen molar-refractivity contribution in [2.75, 3.05) is 20.6 Å². The zero-order valence-corrected chi connectivity index (χ0v) is 8.60. The third-order valence-electron chi connectivity index (χ3n) is 1.88. The summed E-state index contributed by atoms with van der Waals surface area (Å²) >= 11 is 0. The summed E-state index contributed by atoms with van der Waals surface area (Å²) in [6.07, 6.45) is 5.55. The van der Waals surface area contributed by atoms with E-state index in [1.807, 2.05) is 0 Å². The largest absolute Gasteiger partial charge is 0.309 e. The number of unbranched alkanes of at least 4 members (excludes halogenated alkanes) is 3. The minimum absolute atomic E-state index is 0.322. The van der Waals surface area contributed by atoms with Crippen molar-refractivity contribution in [1.29, 1.82) is 0 Å². The monoisotopic (exact) mass is 171 g/mol. The normalized spacial score (nSPS) is 10.7. The summed E-state index contributed by atoms with van der Waals surface area (Å²) < 4.78 is 0. The first-order chi connectivity index (χ1) is 5.63. The highest BCUT2D eigenvalue weighted by atomic mass is 16.1. The molecule has 0 fully saturated rings. The molecule has 0 aliphatic heterocycles. The van der Waals surface area contributed by atoms with E-state index in [0.29, 0.717) is 5.78 Å².